The van der Waals surface area contributed by atoms with Crippen LogP contribution in [0.15, 0.2) is 78.9 Å². The van der Waals surface area contributed by atoms with Gasteiger partial charge >= 0.3 is 0 Å². The Morgan fingerprint density at radius 3 is 1.75 bits per heavy atom. The summed E-state index contributed by atoms with van der Waals surface area (Å²) in [6.45, 7) is 4.52. The van der Waals surface area contributed by atoms with Crippen LogP contribution in [0.4, 0.5) is 0 Å². The van der Waals surface area contributed by atoms with Crippen molar-refractivity contribution in [1.82, 2.24) is 0 Å². The predicted molar refractivity (Wildman–Crippen MR) is 100 cm³/mol. The van der Waals surface area contributed by atoms with E-state index in [1.165, 1.54) is 22.3 Å². The minimum Gasteiger partial charge on any atom is -0.392 e. The maximum atomic E-state index is 9.76. The van der Waals surface area contributed by atoms with Crippen LogP contribution in [0.5, 0.6) is 0 Å². The molecular formula is C23H24O. The number of hydrogen-bond donors (Lipinski definition) is 1. The standard InChI is InChI=1S/C23H24O/c1-17(19-9-5-3-6-10-19)21-13-14-22(16-24)23(15-21)18(2)20-11-7-4-8-12-20/h3-15,17-18,24H,16H2,1-2H3. The van der Waals surface area contributed by atoms with Crippen molar-refractivity contribution in [2.45, 2.75) is 32.3 Å². The summed E-state index contributed by atoms with van der Waals surface area (Å²) in [5, 5.41) is 9.76. The lowest BCUT2D eigenvalue weighted by Gasteiger charge is -2.20. The van der Waals surface area contributed by atoms with Crippen molar-refractivity contribution in [3.05, 3.63) is 107 Å². The average molecular weight is 316 g/mol. The van der Waals surface area contributed by atoms with Gasteiger partial charge in [-0.3, -0.25) is 0 Å². The second-order valence-corrected chi connectivity index (χ2v) is 6.38. The van der Waals surface area contributed by atoms with E-state index in [2.05, 4.69) is 80.6 Å². The third-order valence-electron chi connectivity index (χ3n) is 4.91. The summed E-state index contributed by atoms with van der Waals surface area (Å²) in [6, 6.07) is 27.5. The zero-order valence-electron chi connectivity index (χ0n) is 14.3. The lowest BCUT2D eigenvalue weighted by Crippen LogP contribution is -2.04. The zero-order chi connectivity index (χ0) is 16.9. The van der Waals surface area contributed by atoms with E-state index in [9.17, 15) is 5.11 Å². The van der Waals surface area contributed by atoms with Crippen LogP contribution in [-0.4, -0.2) is 5.11 Å². The lowest BCUT2D eigenvalue weighted by atomic mass is 9.85. The van der Waals surface area contributed by atoms with Crippen LogP contribution in [0, 0.1) is 0 Å². The van der Waals surface area contributed by atoms with Gasteiger partial charge in [0, 0.05) is 11.8 Å². The maximum absolute atomic E-state index is 9.76. The second kappa shape index (κ2) is 7.46. The van der Waals surface area contributed by atoms with Crippen molar-refractivity contribution < 1.29 is 5.11 Å². The van der Waals surface area contributed by atoms with E-state index in [0.717, 1.165) is 5.56 Å². The quantitative estimate of drug-likeness (QED) is 0.660. The molecule has 0 spiro atoms. The van der Waals surface area contributed by atoms with Gasteiger partial charge in [-0.25, -0.2) is 0 Å². The molecule has 2 atom stereocenters. The van der Waals surface area contributed by atoms with Crippen molar-refractivity contribution >= 4 is 0 Å². The predicted octanol–water partition coefficient (Wildman–Crippen LogP) is 5.48. The van der Waals surface area contributed by atoms with Gasteiger partial charge in [0.1, 0.15) is 0 Å². The molecule has 0 heterocycles. The maximum Gasteiger partial charge on any atom is 0.0684 e. The Bertz CT molecular complexity index is 778. The van der Waals surface area contributed by atoms with E-state index in [-0.39, 0.29) is 12.5 Å². The minimum absolute atomic E-state index is 0.0759. The zero-order valence-corrected chi connectivity index (χ0v) is 14.3. The summed E-state index contributed by atoms with van der Waals surface area (Å²) in [5.74, 6) is 0.594. The third-order valence-corrected chi connectivity index (χ3v) is 4.91. The Balaban J connectivity index is 2.00. The van der Waals surface area contributed by atoms with Gasteiger partial charge in [-0.05, 0) is 27.8 Å². The van der Waals surface area contributed by atoms with Crippen molar-refractivity contribution in [2.24, 2.45) is 0 Å². The van der Waals surface area contributed by atoms with Gasteiger partial charge in [0.2, 0.25) is 0 Å². The molecule has 0 saturated heterocycles. The molecule has 0 fully saturated rings. The highest BCUT2D eigenvalue weighted by molar-refractivity contribution is 5.43. The first-order valence-electron chi connectivity index (χ1n) is 8.54. The van der Waals surface area contributed by atoms with E-state index in [1.807, 2.05) is 12.1 Å². The summed E-state index contributed by atoms with van der Waals surface area (Å²) >= 11 is 0. The van der Waals surface area contributed by atoms with Gasteiger partial charge in [-0.1, -0.05) is 92.7 Å². The van der Waals surface area contributed by atoms with Crippen LogP contribution in [-0.2, 0) is 6.61 Å². The van der Waals surface area contributed by atoms with Crippen molar-refractivity contribution in [3.8, 4) is 0 Å². The summed E-state index contributed by atoms with van der Waals surface area (Å²) < 4.78 is 0. The van der Waals surface area contributed by atoms with Crippen LogP contribution in [0.3, 0.4) is 0 Å². The molecule has 0 radical (unpaired) electrons. The molecule has 24 heavy (non-hydrogen) atoms. The number of benzene rings is 3. The molecular weight excluding hydrogens is 292 g/mol. The first-order valence-corrected chi connectivity index (χ1v) is 8.54. The molecule has 1 heteroatoms. The molecule has 0 amide bonds. The molecule has 0 aliphatic carbocycles. The average Bonchev–Trinajstić information content (AvgIpc) is 2.67. The molecule has 122 valence electrons. The van der Waals surface area contributed by atoms with E-state index in [1.54, 1.807) is 0 Å². The largest absolute Gasteiger partial charge is 0.392 e. The molecule has 1 N–H and O–H groups in total. The van der Waals surface area contributed by atoms with Gasteiger partial charge in [0.05, 0.1) is 6.61 Å². The Morgan fingerprint density at radius 1 is 0.667 bits per heavy atom. The summed E-state index contributed by atoms with van der Waals surface area (Å²) in [5.41, 5.74) is 6.10. The van der Waals surface area contributed by atoms with E-state index < -0.39 is 0 Å². The van der Waals surface area contributed by atoms with Gasteiger partial charge in [-0.2, -0.15) is 0 Å². The molecule has 0 saturated carbocycles. The van der Waals surface area contributed by atoms with E-state index in [0.29, 0.717) is 5.92 Å². The molecule has 0 bridgehead atoms. The van der Waals surface area contributed by atoms with E-state index >= 15 is 0 Å². The summed E-state index contributed by atoms with van der Waals surface area (Å²) in [7, 11) is 0. The lowest BCUT2D eigenvalue weighted by molar-refractivity contribution is 0.280. The van der Waals surface area contributed by atoms with Crippen LogP contribution in [0.2, 0.25) is 0 Å². The number of rotatable bonds is 5. The molecule has 2 unspecified atom stereocenters. The second-order valence-electron chi connectivity index (χ2n) is 6.38. The highest BCUT2D eigenvalue weighted by Crippen LogP contribution is 2.32. The first-order chi connectivity index (χ1) is 11.7. The molecule has 3 aromatic carbocycles. The van der Waals surface area contributed by atoms with E-state index in [4.69, 9.17) is 0 Å². The topological polar surface area (TPSA) is 20.2 Å². The summed E-state index contributed by atoms with van der Waals surface area (Å²) in [6.07, 6.45) is 0. The number of hydrogen-bond acceptors (Lipinski definition) is 1. The molecule has 0 aromatic heterocycles. The number of aliphatic hydroxyl groups is 1. The van der Waals surface area contributed by atoms with Crippen LogP contribution in [0.25, 0.3) is 0 Å². The van der Waals surface area contributed by atoms with Crippen LogP contribution < -0.4 is 0 Å². The fourth-order valence-electron chi connectivity index (χ4n) is 3.29. The molecule has 0 aliphatic heterocycles. The Hall–Kier alpha value is -2.38. The van der Waals surface area contributed by atoms with Crippen LogP contribution in [0.1, 0.15) is 53.5 Å². The van der Waals surface area contributed by atoms with Crippen molar-refractivity contribution in [3.63, 3.8) is 0 Å². The fraction of sp³-hybridized carbons (Fsp3) is 0.217. The smallest absolute Gasteiger partial charge is 0.0684 e. The van der Waals surface area contributed by atoms with Crippen LogP contribution >= 0.6 is 0 Å². The highest BCUT2D eigenvalue weighted by Gasteiger charge is 2.16. The third kappa shape index (κ3) is 3.42. The molecule has 0 aliphatic rings. The summed E-state index contributed by atoms with van der Waals surface area (Å²) in [4.78, 5) is 0. The van der Waals surface area contributed by atoms with Gasteiger partial charge in [0.25, 0.3) is 0 Å². The Morgan fingerprint density at radius 2 is 1.21 bits per heavy atom. The SMILES string of the molecule is CC(c1ccccc1)c1ccc(CO)c(C(C)c2ccccc2)c1. The highest BCUT2D eigenvalue weighted by atomic mass is 16.3. The monoisotopic (exact) mass is 316 g/mol. The van der Waals surface area contributed by atoms with Gasteiger partial charge < -0.3 is 5.11 Å². The first kappa shape index (κ1) is 16.5. The normalized spacial score (nSPS) is 13.5. The fourth-order valence-corrected chi connectivity index (χ4v) is 3.29. The van der Waals surface area contributed by atoms with Crippen molar-refractivity contribution in [2.75, 3.05) is 0 Å². The molecule has 1 nitrogen and oxygen atoms in total. The Kier molecular flexibility index (Phi) is 5.12. The molecule has 3 rings (SSSR count). The minimum atomic E-state index is 0.0759. The van der Waals surface area contributed by atoms with Crippen molar-refractivity contribution in [1.29, 1.82) is 0 Å². The van der Waals surface area contributed by atoms with Gasteiger partial charge in [-0.15, -0.1) is 0 Å². The molecule has 3 aromatic rings. The Labute approximate surface area is 144 Å². The number of aliphatic hydroxyl groups excluding tert-OH is 1. The van der Waals surface area contributed by atoms with Gasteiger partial charge in [0.15, 0.2) is 0 Å².